The van der Waals surface area contributed by atoms with Crippen molar-refractivity contribution in [3.05, 3.63) is 69.1 Å². The van der Waals surface area contributed by atoms with Gasteiger partial charge in [0.25, 0.3) is 5.91 Å². The maximum Gasteiger partial charge on any atom is 0.257 e. The normalized spacial score (nSPS) is 10.5. The van der Waals surface area contributed by atoms with Gasteiger partial charge in [0.15, 0.2) is 0 Å². The Balaban J connectivity index is 1.78. The first-order valence-electron chi connectivity index (χ1n) is 6.40. The highest BCUT2D eigenvalue weighted by atomic mass is 79.9. The molecule has 0 bridgehead atoms. The number of anilines is 1. The molecule has 1 N–H and O–H groups in total. The summed E-state index contributed by atoms with van der Waals surface area (Å²) in [6, 6.07) is 12.7. The first kappa shape index (κ1) is 15.2. The number of hydrogen-bond acceptors (Lipinski definition) is 3. The van der Waals surface area contributed by atoms with Crippen LogP contribution < -0.4 is 5.32 Å². The molecular formula is C16H10BrClN2OS. The van der Waals surface area contributed by atoms with Crippen LogP contribution in [0.2, 0.25) is 5.02 Å². The molecule has 2 aromatic carbocycles. The van der Waals surface area contributed by atoms with Crippen LogP contribution in [0.25, 0.3) is 10.6 Å². The third-order valence-electron chi connectivity index (χ3n) is 3.00. The average Bonchev–Trinajstić information content (AvgIpc) is 3.05. The summed E-state index contributed by atoms with van der Waals surface area (Å²) in [5.74, 6) is -0.242. The molecule has 0 aliphatic carbocycles. The fourth-order valence-corrected chi connectivity index (χ4v) is 3.14. The number of carbonyl (C=O) groups excluding carboxylic acids is 1. The topological polar surface area (TPSA) is 42.0 Å². The predicted molar refractivity (Wildman–Crippen MR) is 94.7 cm³/mol. The van der Waals surface area contributed by atoms with Gasteiger partial charge in [0.05, 0.1) is 10.6 Å². The first-order chi connectivity index (χ1) is 10.6. The molecule has 3 aromatic rings. The summed E-state index contributed by atoms with van der Waals surface area (Å²) in [6.45, 7) is 0. The number of halogens is 2. The van der Waals surface area contributed by atoms with E-state index in [2.05, 4.69) is 26.2 Å². The lowest BCUT2D eigenvalue weighted by atomic mass is 10.2. The van der Waals surface area contributed by atoms with Crippen LogP contribution in [0.1, 0.15) is 10.4 Å². The van der Waals surface area contributed by atoms with E-state index in [1.54, 1.807) is 35.7 Å². The van der Waals surface area contributed by atoms with E-state index in [0.29, 0.717) is 16.3 Å². The second-order valence-corrected chi connectivity index (χ2v) is 6.71. The summed E-state index contributed by atoms with van der Waals surface area (Å²) in [4.78, 5) is 16.5. The van der Waals surface area contributed by atoms with E-state index in [-0.39, 0.29) is 5.91 Å². The molecule has 3 rings (SSSR count). The van der Waals surface area contributed by atoms with Crippen molar-refractivity contribution >= 4 is 50.5 Å². The second kappa shape index (κ2) is 6.60. The van der Waals surface area contributed by atoms with Crippen molar-refractivity contribution in [1.29, 1.82) is 0 Å². The largest absolute Gasteiger partial charge is 0.322 e. The van der Waals surface area contributed by atoms with Crippen molar-refractivity contribution in [3.8, 4) is 10.6 Å². The van der Waals surface area contributed by atoms with Crippen molar-refractivity contribution in [1.82, 2.24) is 4.98 Å². The maximum absolute atomic E-state index is 12.3. The highest BCUT2D eigenvalue weighted by Crippen LogP contribution is 2.25. The van der Waals surface area contributed by atoms with Gasteiger partial charge < -0.3 is 5.32 Å². The van der Waals surface area contributed by atoms with E-state index >= 15 is 0 Å². The molecule has 22 heavy (non-hydrogen) atoms. The van der Waals surface area contributed by atoms with Crippen LogP contribution in [0.5, 0.6) is 0 Å². The van der Waals surface area contributed by atoms with Gasteiger partial charge in [0, 0.05) is 27.3 Å². The van der Waals surface area contributed by atoms with Gasteiger partial charge in [-0.15, -0.1) is 11.3 Å². The van der Waals surface area contributed by atoms with E-state index in [9.17, 15) is 4.79 Å². The molecule has 0 aliphatic heterocycles. The number of amides is 1. The molecule has 0 saturated carbocycles. The molecule has 0 unspecified atom stereocenters. The summed E-state index contributed by atoms with van der Waals surface area (Å²) in [7, 11) is 0. The van der Waals surface area contributed by atoms with E-state index in [1.807, 2.05) is 29.6 Å². The predicted octanol–water partition coefficient (Wildman–Crippen LogP) is 5.48. The molecular weight excluding hydrogens is 384 g/mol. The fraction of sp³-hybridized carbons (Fsp3) is 0. The molecule has 0 fully saturated rings. The lowest BCUT2D eigenvalue weighted by Crippen LogP contribution is -2.12. The van der Waals surface area contributed by atoms with Crippen LogP contribution in [-0.2, 0) is 0 Å². The summed E-state index contributed by atoms with van der Waals surface area (Å²) >= 11 is 11.0. The number of rotatable bonds is 3. The zero-order chi connectivity index (χ0) is 15.5. The van der Waals surface area contributed by atoms with Crippen LogP contribution in [0.3, 0.4) is 0 Å². The Kier molecular flexibility index (Phi) is 4.57. The molecule has 1 aromatic heterocycles. The SMILES string of the molecule is O=C(Nc1ccc(-c2nccs2)cc1)c1cc(Br)ccc1Cl. The van der Waals surface area contributed by atoms with Crippen LogP contribution in [0, 0.1) is 0 Å². The number of benzene rings is 2. The van der Waals surface area contributed by atoms with Gasteiger partial charge in [0.2, 0.25) is 0 Å². The van der Waals surface area contributed by atoms with Crippen LogP contribution in [0.15, 0.2) is 58.5 Å². The summed E-state index contributed by atoms with van der Waals surface area (Å²) < 4.78 is 0.807. The van der Waals surface area contributed by atoms with Crippen LogP contribution in [0.4, 0.5) is 5.69 Å². The van der Waals surface area contributed by atoms with Crippen molar-refractivity contribution in [2.75, 3.05) is 5.32 Å². The second-order valence-electron chi connectivity index (χ2n) is 4.49. The zero-order valence-electron chi connectivity index (χ0n) is 11.2. The number of aromatic nitrogens is 1. The molecule has 3 nitrogen and oxygen atoms in total. The third-order valence-corrected chi connectivity index (χ3v) is 4.64. The smallest absolute Gasteiger partial charge is 0.257 e. The highest BCUT2D eigenvalue weighted by Gasteiger charge is 2.11. The number of nitrogens with zero attached hydrogens (tertiary/aromatic N) is 1. The van der Waals surface area contributed by atoms with Gasteiger partial charge in [-0.25, -0.2) is 4.98 Å². The number of hydrogen-bond donors (Lipinski definition) is 1. The van der Waals surface area contributed by atoms with Gasteiger partial charge in [-0.05, 0) is 42.5 Å². The lowest BCUT2D eigenvalue weighted by molar-refractivity contribution is 0.102. The standard InChI is InChI=1S/C16H10BrClN2OS/c17-11-3-6-14(18)13(9-11)15(21)20-12-4-1-10(2-5-12)16-19-7-8-22-16/h1-9H,(H,20,21). The number of thiazole rings is 1. The van der Waals surface area contributed by atoms with Crippen LogP contribution >= 0.6 is 38.9 Å². The minimum absolute atomic E-state index is 0.242. The molecule has 0 spiro atoms. The first-order valence-corrected chi connectivity index (χ1v) is 8.45. The van der Waals surface area contributed by atoms with Gasteiger partial charge in [-0.2, -0.15) is 0 Å². The maximum atomic E-state index is 12.3. The average molecular weight is 394 g/mol. The summed E-state index contributed by atoms with van der Waals surface area (Å²) in [5.41, 5.74) is 2.16. The Morgan fingerprint density at radius 1 is 1.18 bits per heavy atom. The highest BCUT2D eigenvalue weighted by molar-refractivity contribution is 9.10. The van der Waals surface area contributed by atoms with Crippen LogP contribution in [-0.4, -0.2) is 10.9 Å². The Morgan fingerprint density at radius 2 is 1.95 bits per heavy atom. The molecule has 0 saturated heterocycles. The fourth-order valence-electron chi connectivity index (χ4n) is 1.93. The minimum atomic E-state index is -0.242. The summed E-state index contributed by atoms with van der Waals surface area (Å²) in [5, 5.41) is 6.14. The van der Waals surface area contributed by atoms with Gasteiger partial charge in [-0.3, -0.25) is 4.79 Å². The molecule has 1 amide bonds. The van der Waals surface area contributed by atoms with E-state index < -0.39 is 0 Å². The Hall–Kier alpha value is -1.69. The van der Waals surface area contributed by atoms with Gasteiger partial charge in [0.1, 0.15) is 5.01 Å². The Bertz CT molecular complexity index is 804. The van der Waals surface area contributed by atoms with Gasteiger partial charge >= 0.3 is 0 Å². The third kappa shape index (κ3) is 3.38. The minimum Gasteiger partial charge on any atom is -0.322 e. The molecule has 0 aliphatic rings. The summed E-state index contributed by atoms with van der Waals surface area (Å²) in [6.07, 6.45) is 1.77. The van der Waals surface area contributed by atoms with Crippen molar-refractivity contribution in [2.24, 2.45) is 0 Å². The molecule has 110 valence electrons. The monoisotopic (exact) mass is 392 g/mol. The Labute approximate surface area is 145 Å². The van der Waals surface area contributed by atoms with E-state index in [1.165, 1.54) is 0 Å². The molecule has 6 heteroatoms. The molecule has 1 heterocycles. The molecule has 0 radical (unpaired) electrons. The Morgan fingerprint density at radius 3 is 2.64 bits per heavy atom. The quantitative estimate of drug-likeness (QED) is 0.640. The zero-order valence-corrected chi connectivity index (χ0v) is 14.4. The van der Waals surface area contributed by atoms with Crippen molar-refractivity contribution in [2.45, 2.75) is 0 Å². The van der Waals surface area contributed by atoms with E-state index in [4.69, 9.17) is 11.6 Å². The number of nitrogens with one attached hydrogen (secondary N) is 1. The van der Waals surface area contributed by atoms with E-state index in [0.717, 1.165) is 15.0 Å². The van der Waals surface area contributed by atoms with Gasteiger partial charge in [-0.1, -0.05) is 27.5 Å². The van der Waals surface area contributed by atoms with Crippen molar-refractivity contribution in [3.63, 3.8) is 0 Å². The number of carbonyl (C=O) groups is 1. The van der Waals surface area contributed by atoms with Crippen molar-refractivity contribution < 1.29 is 4.79 Å². The lowest BCUT2D eigenvalue weighted by Gasteiger charge is -2.08. The molecule has 0 atom stereocenters.